The smallest absolute Gasteiger partial charge is 0.348 e. The highest BCUT2D eigenvalue weighted by molar-refractivity contribution is 7.20. The molecule has 0 saturated carbocycles. The number of nitrogens with zero attached hydrogens (tertiary/aromatic N) is 2. The summed E-state index contributed by atoms with van der Waals surface area (Å²) >= 11 is 1.23. The number of esters is 1. The number of aryl methyl sites for hydroxylation is 1. The number of hydrogen-bond acceptors (Lipinski definition) is 8. The van der Waals surface area contributed by atoms with E-state index >= 15 is 0 Å². The standard InChI is InChI=1S/C17H17FN4O3S/c1-9-13-15(20-8-21-16(13)26-14(9)17(23)24-2)22-11-4-3-10(18)7-12(11)25-6-5-19/h3-4,7-8H,5-6,19H2,1-2H3,(H,20,21,22). The van der Waals surface area contributed by atoms with E-state index in [9.17, 15) is 9.18 Å². The van der Waals surface area contributed by atoms with E-state index in [0.717, 1.165) is 0 Å². The molecule has 2 heterocycles. The summed E-state index contributed by atoms with van der Waals surface area (Å²) in [5, 5.41) is 3.83. The summed E-state index contributed by atoms with van der Waals surface area (Å²) in [5.74, 6) is -0.0355. The van der Waals surface area contributed by atoms with Crippen LogP contribution in [-0.2, 0) is 4.74 Å². The highest BCUT2D eigenvalue weighted by Crippen LogP contribution is 2.36. The number of anilines is 2. The lowest BCUT2D eigenvalue weighted by atomic mass is 10.2. The zero-order valence-electron chi connectivity index (χ0n) is 14.2. The van der Waals surface area contributed by atoms with Crippen molar-refractivity contribution < 1.29 is 18.7 Å². The second kappa shape index (κ2) is 7.63. The largest absolute Gasteiger partial charge is 0.490 e. The van der Waals surface area contributed by atoms with Gasteiger partial charge in [0, 0.05) is 12.6 Å². The number of nitrogens with two attached hydrogens (primary N) is 1. The lowest BCUT2D eigenvalue weighted by molar-refractivity contribution is 0.0605. The number of fused-ring (bicyclic) bond motifs is 1. The SMILES string of the molecule is COC(=O)c1sc2ncnc(Nc3ccc(F)cc3OCCN)c2c1C. The Morgan fingerprint density at radius 3 is 2.92 bits per heavy atom. The summed E-state index contributed by atoms with van der Waals surface area (Å²) in [6.45, 7) is 2.36. The van der Waals surface area contributed by atoms with Crippen LogP contribution in [-0.4, -0.2) is 36.2 Å². The van der Waals surface area contributed by atoms with Gasteiger partial charge >= 0.3 is 5.97 Å². The van der Waals surface area contributed by atoms with Gasteiger partial charge < -0.3 is 20.5 Å². The van der Waals surface area contributed by atoms with Gasteiger partial charge in [0.2, 0.25) is 0 Å². The number of halogens is 1. The maximum atomic E-state index is 13.5. The van der Waals surface area contributed by atoms with Crippen LogP contribution in [0.4, 0.5) is 15.9 Å². The number of carbonyl (C=O) groups excluding carboxylic acids is 1. The number of aromatic nitrogens is 2. The molecule has 0 bridgehead atoms. The minimum Gasteiger partial charge on any atom is -0.490 e. The number of carbonyl (C=O) groups is 1. The Morgan fingerprint density at radius 1 is 1.38 bits per heavy atom. The van der Waals surface area contributed by atoms with E-state index in [1.54, 1.807) is 13.0 Å². The topological polar surface area (TPSA) is 99.4 Å². The molecular formula is C17H17FN4O3S. The molecule has 9 heteroatoms. The average Bonchev–Trinajstić information content (AvgIpc) is 2.99. The summed E-state index contributed by atoms with van der Waals surface area (Å²) in [6.07, 6.45) is 1.39. The van der Waals surface area contributed by atoms with Crippen molar-refractivity contribution in [2.24, 2.45) is 5.73 Å². The minimum atomic E-state index is -0.426. The van der Waals surface area contributed by atoms with Gasteiger partial charge in [-0.1, -0.05) is 0 Å². The first-order valence-electron chi connectivity index (χ1n) is 7.77. The van der Waals surface area contributed by atoms with Crippen molar-refractivity contribution in [2.45, 2.75) is 6.92 Å². The Labute approximate surface area is 153 Å². The van der Waals surface area contributed by atoms with Gasteiger partial charge in [0.25, 0.3) is 0 Å². The van der Waals surface area contributed by atoms with Gasteiger partial charge in [-0.3, -0.25) is 0 Å². The first-order chi connectivity index (χ1) is 12.5. The normalized spacial score (nSPS) is 10.8. The van der Waals surface area contributed by atoms with Gasteiger partial charge in [-0.25, -0.2) is 19.2 Å². The zero-order chi connectivity index (χ0) is 18.7. The number of nitrogens with one attached hydrogen (secondary N) is 1. The Morgan fingerprint density at radius 2 is 2.19 bits per heavy atom. The molecule has 3 N–H and O–H groups in total. The zero-order valence-corrected chi connectivity index (χ0v) is 15.0. The predicted molar refractivity (Wildman–Crippen MR) is 97.7 cm³/mol. The van der Waals surface area contributed by atoms with Crippen LogP contribution in [0.1, 0.15) is 15.2 Å². The van der Waals surface area contributed by atoms with Gasteiger partial charge in [0.15, 0.2) is 0 Å². The molecule has 0 fully saturated rings. The van der Waals surface area contributed by atoms with E-state index in [4.69, 9.17) is 15.2 Å². The monoisotopic (exact) mass is 376 g/mol. The molecule has 0 aliphatic heterocycles. The fourth-order valence-electron chi connectivity index (χ4n) is 2.47. The van der Waals surface area contributed by atoms with Crippen LogP contribution < -0.4 is 15.8 Å². The van der Waals surface area contributed by atoms with Crippen LogP contribution in [0.3, 0.4) is 0 Å². The summed E-state index contributed by atoms with van der Waals surface area (Å²) in [4.78, 5) is 21.5. The van der Waals surface area contributed by atoms with Gasteiger partial charge in [-0.2, -0.15) is 0 Å². The molecule has 0 atom stereocenters. The van der Waals surface area contributed by atoms with Crippen LogP contribution in [0.2, 0.25) is 0 Å². The van der Waals surface area contributed by atoms with Gasteiger partial charge in [0.1, 0.15) is 40.0 Å². The van der Waals surface area contributed by atoms with Gasteiger partial charge in [0.05, 0.1) is 18.2 Å². The Bertz CT molecular complexity index is 961. The molecule has 0 radical (unpaired) electrons. The number of hydrogen-bond donors (Lipinski definition) is 2. The first-order valence-corrected chi connectivity index (χ1v) is 8.58. The number of methoxy groups -OCH3 is 1. The number of ether oxygens (including phenoxy) is 2. The summed E-state index contributed by atoms with van der Waals surface area (Å²) in [6, 6.07) is 4.14. The van der Waals surface area contributed by atoms with Crippen LogP contribution in [0.5, 0.6) is 5.75 Å². The number of rotatable bonds is 6. The highest BCUT2D eigenvalue weighted by atomic mass is 32.1. The molecule has 3 aromatic rings. The van der Waals surface area contributed by atoms with Crippen molar-refractivity contribution in [3.05, 3.63) is 40.8 Å². The molecule has 0 amide bonds. The fourth-order valence-corrected chi connectivity index (χ4v) is 3.54. The van der Waals surface area contributed by atoms with Gasteiger partial charge in [-0.05, 0) is 24.6 Å². The Hall–Kier alpha value is -2.78. The van der Waals surface area contributed by atoms with Crippen LogP contribution in [0.15, 0.2) is 24.5 Å². The van der Waals surface area contributed by atoms with E-state index in [-0.39, 0.29) is 6.61 Å². The molecule has 1 aromatic carbocycles. The third kappa shape index (κ3) is 3.44. The van der Waals surface area contributed by atoms with Gasteiger partial charge in [-0.15, -0.1) is 11.3 Å². The molecule has 7 nitrogen and oxygen atoms in total. The molecule has 0 saturated heterocycles. The van der Waals surface area contributed by atoms with Crippen LogP contribution in [0, 0.1) is 12.7 Å². The third-order valence-electron chi connectivity index (χ3n) is 3.67. The van der Waals surface area contributed by atoms with Crippen molar-refractivity contribution in [2.75, 3.05) is 25.6 Å². The molecule has 3 rings (SSSR count). The third-order valence-corrected chi connectivity index (χ3v) is 4.85. The van der Waals surface area contributed by atoms with Crippen molar-refractivity contribution in [1.82, 2.24) is 9.97 Å². The van der Waals surface area contributed by atoms with E-state index in [1.807, 2.05) is 0 Å². The maximum absolute atomic E-state index is 13.5. The second-order valence-electron chi connectivity index (χ2n) is 5.35. The summed E-state index contributed by atoms with van der Waals surface area (Å²) in [7, 11) is 1.33. The van der Waals surface area contributed by atoms with Crippen molar-refractivity contribution in [1.29, 1.82) is 0 Å². The van der Waals surface area contributed by atoms with Crippen LogP contribution >= 0.6 is 11.3 Å². The fraction of sp³-hybridized carbons (Fsp3) is 0.235. The molecule has 26 heavy (non-hydrogen) atoms. The Kier molecular flexibility index (Phi) is 5.29. The molecular weight excluding hydrogens is 359 g/mol. The maximum Gasteiger partial charge on any atom is 0.348 e. The molecule has 136 valence electrons. The van der Waals surface area contributed by atoms with E-state index in [2.05, 4.69) is 15.3 Å². The van der Waals surface area contributed by atoms with E-state index < -0.39 is 11.8 Å². The second-order valence-corrected chi connectivity index (χ2v) is 6.35. The molecule has 0 aliphatic carbocycles. The highest BCUT2D eigenvalue weighted by Gasteiger charge is 2.20. The molecule has 0 aliphatic rings. The lowest BCUT2D eigenvalue weighted by Gasteiger charge is -2.13. The number of benzene rings is 1. The lowest BCUT2D eigenvalue weighted by Crippen LogP contribution is -2.11. The molecule has 0 unspecified atom stereocenters. The minimum absolute atomic E-state index is 0.251. The van der Waals surface area contributed by atoms with E-state index in [0.29, 0.717) is 44.5 Å². The summed E-state index contributed by atoms with van der Waals surface area (Å²) < 4.78 is 23.9. The molecule has 0 spiro atoms. The number of thiophene rings is 1. The van der Waals surface area contributed by atoms with Crippen molar-refractivity contribution in [3.8, 4) is 5.75 Å². The predicted octanol–water partition coefficient (Wildman–Crippen LogP) is 3.01. The van der Waals surface area contributed by atoms with Crippen LogP contribution in [0.25, 0.3) is 10.2 Å². The summed E-state index contributed by atoms with van der Waals surface area (Å²) in [5.41, 5.74) is 6.70. The van der Waals surface area contributed by atoms with Crippen molar-refractivity contribution >= 4 is 39.0 Å². The average molecular weight is 376 g/mol. The molecule has 2 aromatic heterocycles. The Balaban J connectivity index is 2.04. The van der Waals surface area contributed by atoms with Crippen molar-refractivity contribution in [3.63, 3.8) is 0 Å². The quantitative estimate of drug-likeness (QED) is 0.638. The first kappa shape index (κ1) is 18.0. The van der Waals surface area contributed by atoms with E-state index in [1.165, 1.54) is 36.9 Å².